The van der Waals surface area contributed by atoms with E-state index >= 15 is 0 Å². The van der Waals surface area contributed by atoms with E-state index in [-0.39, 0.29) is 30.2 Å². The molecule has 0 bridgehead atoms. The van der Waals surface area contributed by atoms with Gasteiger partial charge >= 0.3 is 6.03 Å². The minimum absolute atomic E-state index is 0.150. The highest BCUT2D eigenvalue weighted by molar-refractivity contribution is 5.74. The number of nitrogens with zero attached hydrogens (tertiary/aromatic N) is 1. The summed E-state index contributed by atoms with van der Waals surface area (Å²) in [6, 6.07) is 10.7. The molecule has 25 heavy (non-hydrogen) atoms. The molecule has 2 aromatic rings. The molecule has 1 heterocycles. The summed E-state index contributed by atoms with van der Waals surface area (Å²) in [5.74, 6) is 0.399. The van der Waals surface area contributed by atoms with Gasteiger partial charge in [0.2, 0.25) is 0 Å². The average molecular weight is 344 g/mol. The SMILES string of the molecule is CN(Cc1ccccc1O)C(=O)NC1CCCOc2ccc(F)cc21. The molecule has 0 aliphatic carbocycles. The van der Waals surface area contributed by atoms with Crippen LogP contribution in [-0.4, -0.2) is 29.7 Å². The summed E-state index contributed by atoms with van der Waals surface area (Å²) < 4.78 is 19.2. The number of hydrogen-bond acceptors (Lipinski definition) is 3. The van der Waals surface area contributed by atoms with Gasteiger partial charge in [0.1, 0.15) is 17.3 Å². The lowest BCUT2D eigenvalue weighted by molar-refractivity contribution is 0.201. The van der Waals surface area contributed by atoms with Gasteiger partial charge in [0.25, 0.3) is 0 Å². The number of aromatic hydroxyl groups is 1. The number of nitrogens with one attached hydrogen (secondary N) is 1. The maximum atomic E-state index is 13.6. The number of ether oxygens (including phenoxy) is 1. The molecule has 1 unspecified atom stereocenters. The molecular formula is C19H21FN2O3. The summed E-state index contributed by atoms with van der Waals surface area (Å²) in [7, 11) is 1.65. The van der Waals surface area contributed by atoms with Crippen LogP contribution in [0.1, 0.15) is 30.0 Å². The van der Waals surface area contributed by atoms with E-state index in [4.69, 9.17) is 4.74 Å². The predicted molar refractivity (Wildman–Crippen MR) is 92.0 cm³/mol. The lowest BCUT2D eigenvalue weighted by atomic mass is 10.0. The third-order valence-corrected chi connectivity index (χ3v) is 4.29. The molecule has 0 saturated carbocycles. The Balaban J connectivity index is 1.72. The summed E-state index contributed by atoms with van der Waals surface area (Å²) in [4.78, 5) is 14.0. The number of benzene rings is 2. The van der Waals surface area contributed by atoms with Crippen molar-refractivity contribution >= 4 is 6.03 Å². The van der Waals surface area contributed by atoms with Crippen LogP contribution in [0.3, 0.4) is 0 Å². The number of urea groups is 1. The Bertz CT molecular complexity index is 766. The highest BCUT2D eigenvalue weighted by atomic mass is 19.1. The van der Waals surface area contributed by atoms with E-state index in [1.54, 1.807) is 31.3 Å². The summed E-state index contributed by atoms with van der Waals surface area (Å²) in [6.07, 6.45) is 1.44. The van der Waals surface area contributed by atoms with Crippen LogP contribution in [0.25, 0.3) is 0 Å². The molecule has 0 fully saturated rings. The zero-order valence-corrected chi connectivity index (χ0v) is 14.0. The zero-order valence-electron chi connectivity index (χ0n) is 14.0. The quantitative estimate of drug-likeness (QED) is 0.894. The Kier molecular flexibility index (Phi) is 5.07. The van der Waals surface area contributed by atoms with E-state index < -0.39 is 0 Å². The van der Waals surface area contributed by atoms with Crippen LogP contribution in [0.4, 0.5) is 9.18 Å². The Morgan fingerprint density at radius 2 is 2.16 bits per heavy atom. The Hall–Kier alpha value is -2.76. The molecule has 0 saturated heterocycles. The maximum Gasteiger partial charge on any atom is 0.317 e. The zero-order chi connectivity index (χ0) is 17.8. The van der Waals surface area contributed by atoms with Crippen LogP contribution in [0.5, 0.6) is 11.5 Å². The molecule has 0 radical (unpaired) electrons. The van der Waals surface area contributed by atoms with Crippen molar-refractivity contribution in [3.05, 3.63) is 59.4 Å². The van der Waals surface area contributed by atoms with Crippen molar-refractivity contribution in [2.45, 2.75) is 25.4 Å². The number of fused-ring (bicyclic) bond motifs is 1. The van der Waals surface area contributed by atoms with E-state index in [1.807, 2.05) is 6.07 Å². The number of phenolic OH excluding ortho intramolecular Hbond substituents is 1. The molecule has 0 aromatic heterocycles. The van der Waals surface area contributed by atoms with E-state index in [0.29, 0.717) is 29.9 Å². The highest BCUT2D eigenvalue weighted by Gasteiger charge is 2.23. The molecule has 3 rings (SSSR count). The molecule has 1 aliphatic rings. The lowest BCUT2D eigenvalue weighted by Crippen LogP contribution is -2.39. The van der Waals surface area contributed by atoms with Crippen LogP contribution >= 0.6 is 0 Å². The molecule has 5 nitrogen and oxygen atoms in total. The molecule has 0 spiro atoms. The molecular weight excluding hydrogens is 323 g/mol. The van der Waals surface area contributed by atoms with Crippen LogP contribution in [0.15, 0.2) is 42.5 Å². The fourth-order valence-electron chi connectivity index (χ4n) is 2.93. The van der Waals surface area contributed by atoms with Gasteiger partial charge in [-0.2, -0.15) is 0 Å². The molecule has 2 amide bonds. The summed E-state index contributed by atoms with van der Waals surface area (Å²) >= 11 is 0. The van der Waals surface area contributed by atoms with Crippen LogP contribution in [0, 0.1) is 5.82 Å². The molecule has 2 N–H and O–H groups in total. The average Bonchev–Trinajstić information content (AvgIpc) is 2.79. The van der Waals surface area contributed by atoms with E-state index in [9.17, 15) is 14.3 Å². The maximum absolute atomic E-state index is 13.6. The van der Waals surface area contributed by atoms with Gasteiger partial charge in [-0.1, -0.05) is 18.2 Å². The number of amides is 2. The largest absolute Gasteiger partial charge is 0.508 e. The monoisotopic (exact) mass is 344 g/mol. The second-order valence-electron chi connectivity index (χ2n) is 6.16. The fourth-order valence-corrected chi connectivity index (χ4v) is 2.93. The van der Waals surface area contributed by atoms with Gasteiger partial charge in [0, 0.05) is 18.2 Å². The third-order valence-electron chi connectivity index (χ3n) is 4.29. The van der Waals surface area contributed by atoms with Crippen LogP contribution < -0.4 is 10.1 Å². The Labute approximate surface area is 146 Å². The van der Waals surface area contributed by atoms with E-state index in [2.05, 4.69) is 5.32 Å². The Morgan fingerprint density at radius 1 is 1.36 bits per heavy atom. The van der Waals surface area contributed by atoms with Crippen molar-refractivity contribution in [3.8, 4) is 11.5 Å². The molecule has 6 heteroatoms. The van der Waals surface area contributed by atoms with Gasteiger partial charge in [0.05, 0.1) is 19.2 Å². The summed E-state index contributed by atoms with van der Waals surface area (Å²) in [6.45, 7) is 0.816. The minimum Gasteiger partial charge on any atom is -0.508 e. The smallest absolute Gasteiger partial charge is 0.317 e. The second kappa shape index (κ2) is 7.42. The van der Waals surface area contributed by atoms with Gasteiger partial charge in [-0.3, -0.25) is 0 Å². The van der Waals surface area contributed by atoms with Crippen molar-refractivity contribution in [1.82, 2.24) is 10.2 Å². The predicted octanol–water partition coefficient (Wildman–Crippen LogP) is 3.59. The van der Waals surface area contributed by atoms with Crippen LogP contribution in [-0.2, 0) is 6.54 Å². The minimum atomic E-state index is -0.355. The lowest BCUT2D eigenvalue weighted by Gasteiger charge is -2.24. The van der Waals surface area contributed by atoms with Crippen molar-refractivity contribution in [2.75, 3.05) is 13.7 Å². The first kappa shape index (κ1) is 17.1. The first-order chi connectivity index (χ1) is 12.0. The standard InChI is InChI=1S/C19H21FN2O3/c1-22(12-13-5-2-3-7-17(13)23)19(24)21-16-6-4-10-25-18-9-8-14(20)11-15(16)18/h2-3,5,7-9,11,16,23H,4,6,10,12H2,1H3,(H,21,24). The molecule has 1 atom stereocenters. The highest BCUT2D eigenvalue weighted by Crippen LogP contribution is 2.32. The Morgan fingerprint density at radius 3 is 2.96 bits per heavy atom. The first-order valence-electron chi connectivity index (χ1n) is 8.25. The van der Waals surface area contributed by atoms with Crippen LogP contribution in [0.2, 0.25) is 0 Å². The van der Waals surface area contributed by atoms with E-state index in [1.165, 1.54) is 17.0 Å². The number of carbonyl (C=O) groups excluding carboxylic acids is 1. The summed E-state index contributed by atoms with van der Waals surface area (Å²) in [5.41, 5.74) is 1.32. The van der Waals surface area contributed by atoms with E-state index in [0.717, 1.165) is 6.42 Å². The van der Waals surface area contributed by atoms with Crippen molar-refractivity contribution in [2.24, 2.45) is 0 Å². The molecule has 1 aliphatic heterocycles. The molecule has 2 aromatic carbocycles. The first-order valence-corrected chi connectivity index (χ1v) is 8.25. The number of halogens is 1. The number of rotatable bonds is 3. The fraction of sp³-hybridized carbons (Fsp3) is 0.316. The van der Waals surface area contributed by atoms with Crippen molar-refractivity contribution in [1.29, 1.82) is 0 Å². The molecule has 132 valence electrons. The van der Waals surface area contributed by atoms with Crippen molar-refractivity contribution < 1.29 is 19.0 Å². The number of phenols is 1. The van der Waals surface area contributed by atoms with Gasteiger partial charge in [0.15, 0.2) is 0 Å². The van der Waals surface area contributed by atoms with Gasteiger partial charge in [-0.15, -0.1) is 0 Å². The van der Waals surface area contributed by atoms with Gasteiger partial charge < -0.3 is 20.1 Å². The topological polar surface area (TPSA) is 61.8 Å². The third kappa shape index (κ3) is 4.02. The van der Waals surface area contributed by atoms with Crippen molar-refractivity contribution in [3.63, 3.8) is 0 Å². The second-order valence-corrected chi connectivity index (χ2v) is 6.16. The normalized spacial score (nSPS) is 16.3. The number of para-hydroxylation sites is 1. The number of carbonyl (C=O) groups is 1. The summed E-state index contributed by atoms with van der Waals surface area (Å²) in [5, 5.41) is 12.8. The van der Waals surface area contributed by atoms with Gasteiger partial charge in [-0.25, -0.2) is 9.18 Å². The van der Waals surface area contributed by atoms with Gasteiger partial charge in [-0.05, 0) is 37.1 Å². The number of hydrogen-bond donors (Lipinski definition) is 2.